The molecular formula is C88H86Cl6F4N24O8. The summed E-state index contributed by atoms with van der Waals surface area (Å²) in [6.45, 7) is 34.7. The highest BCUT2D eigenvalue weighted by Crippen LogP contribution is 2.40. The Bertz CT molecular complexity index is 6370. The monoisotopic (exact) mass is 1890 g/mol. The van der Waals surface area contributed by atoms with Crippen LogP contribution in [-0.4, -0.2) is 204 Å². The summed E-state index contributed by atoms with van der Waals surface area (Å²) in [6.07, 6.45) is 10.4. The lowest BCUT2D eigenvalue weighted by atomic mass is 10.1. The van der Waals surface area contributed by atoms with Gasteiger partial charge in [-0.3, -0.25) is 56.6 Å². The van der Waals surface area contributed by atoms with Gasteiger partial charge < -0.3 is 62.1 Å². The molecule has 32 nitrogen and oxygen atoms in total. The molecule has 0 unspecified atom stereocenters. The normalized spacial score (nSPS) is 16.4. The van der Waals surface area contributed by atoms with Gasteiger partial charge in [-0.2, -0.15) is 0 Å². The number of fused-ring (bicyclic) bond motifs is 4. The fourth-order valence-electron chi connectivity index (χ4n) is 16.6. The van der Waals surface area contributed by atoms with Gasteiger partial charge in [-0.1, -0.05) is 102 Å². The van der Waals surface area contributed by atoms with E-state index in [0.29, 0.717) is 146 Å². The van der Waals surface area contributed by atoms with Crippen molar-refractivity contribution in [2.45, 2.75) is 79.6 Å². The van der Waals surface area contributed by atoms with Gasteiger partial charge in [0, 0.05) is 125 Å². The van der Waals surface area contributed by atoms with Crippen molar-refractivity contribution >= 4 is 183 Å². The molecule has 0 spiro atoms. The van der Waals surface area contributed by atoms with Crippen LogP contribution in [0.4, 0.5) is 63.6 Å². The Hall–Kier alpha value is -13.3. The number of benzene rings is 4. The second kappa shape index (κ2) is 38.6. The number of anilines is 8. The highest BCUT2D eigenvalue weighted by molar-refractivity contribution is 6.38. The molecule has 0 radical (unpaired) electrons. The van der Waals surface area contributed by atoms with Crippen molar-refractivity contribution in [2.75, 3.05) is 121 Å². The van der Waals surface area contributed by atoms with Crippen LogP contribution >= 0.6 is 69.6 Å². The standard InChI is InChI=1S/3C22H21Cl2FN6O2.C22H23FN6O2/c3*1-4-16(32)29-5-6-30(12(3)9-29)21-13-7-11(2)31(22(33)19(13)27-10-28-21)20-17(25)14(23)8-15(24)18(20)26;1-4-18(30)27-8-9-28(14(3)11-27)21-15-10-13(2)29(22(31)19(15)25-12-26-21)20-16(23)6-5-7-17(20)24/h3*4,7-8,10,12H,1,5-6,9,26H2,2-3H3;4-7,10,12,14H,1,8-9,11,24H2,2-3H3/t3*12-;14-/m1111/s1. The zero-order chi connectivity index (χ0) is 94.4. The van der Waals surface area contributed by atoms with Crippen molar-refractivity contribution in [3.8, 4) is 22.7 Å². The third kappa shape index (κ3) is 17.8. The van der Waals surface area contributed by atoms with Crippen LogP contribution in [0.3, 0.4) is 0 Å². The highest BCUT2D eigenvalue weighted by Gasteiger charge is 2.36. The number of pyridine rings is 4. The molecule has 4 atom stereocenters. The molecule has 0 bridgehead atoms. The number of carbonyl (C=O) groups is 4. The SMILES string of the molecule is C=CC(=O)N1CCN(c2ncnc3c(=O)n(-c4c(N)c(Cl)cc(Cl)c4F)c(C)cc23)[C@H](C)C1.C=CC(=O)N1CCN(c2ncnc3c(=O)n(-c4c(N)c(Cl)cc(Cl)c4F)c(C)cc23)[C@H](C)C1.C=CC(=O)N1CCN(c2ncnc3c(=O)n(-c4c(N)c(Cl)cc(Cl)c4F)c(C)cc23)[C@H](C)C1.C=CC(=O)N1CCN(c2ncnc3c(=O)n(-c4c(N)cccc4F)c(C)cc23)[C@H](C)C1. The summed E-state index contributed by atoms with van der Waals surface area (Å²) >= 11 is 36.1. The van der Waals surface area contributed by atoms with Crippen LogP contribution in [0.5, 0.6) is 0 Å². The first-order valence-electron chi connectivity index (χ1n) is 40.3. The van der Waals surface area contributed by atoms with E-state index in [1.54, 1.807) is 77.6 Å². The number of piperazine rings is 4. The Morgan fingerprint density at radius 3 is 0.800 bits per heavy atom. The molecule has 4 amide bonds. The number of hydrogen-bond acceptors (Lipinski definition) is 24. The number of nitrogen functional groups attached to an aromatic ring is 4. The maximum absolute atomic E-state index is 14.9. The van der Waals surface area contributed by atoms with E-state index in [1.807, 2.05) is 42.4 Å². The number of para-hydroxylation sites is 1. The molecule has 676 valence electrons. The van der Waals surface area contributed by atoms with Crippen molar-refractivity contribution in [2.24, 2.45) is 0 Å². The van der Waals surface area contributed by atoms with E-state index in [0.717, 1.165) is 13.7 Å². The molecule has 8 aromatic heterocycles. The zero-order valence-corrected chi connectivity index (χ0v) is 75.9. The molecule has 4 aromatic carbocycles. The van der Waals surface area contributed by atoms with E-state index >= 15 is 0 Å². The van der Waals surface area contributed by atoms with E-state index in [9.17, 15) is 55.9 Å². The average molecular weight is 1900 g/mol. The molecule has 16 rings (SSSR count). The fourth-order valence-corrected chi connectivity index (χ4v) is 17.9. The van der Waals surface area contributed by atoms with E-state index in [2.05, 4.69) is 71.1 Å². The van der Waals surface area contributed by atoms with Crippen molar-refractivity contribution < 1.29 is 36.7 Å². The molecule has 4 saturated heterocycles. The number of aromatic nitrogens is 12. The molecule has 4 aliphatic rings. The molecule has 4 aliphatic heterocycles. The predicted octanol–water partition coefficient (Wildman–Crippen LogP) is 12.1. The first-order valence-corrected chi connectivity index (χ1v) is 42.6. The first kappa shape index (κ1) is 94.4. The summed E-state index contributed by atoms with van der Waals surface area (Å²) in [6, 6.07) is 14.5. The molecular weight excluding hydrogens is 1810 g/mol. The quantitative estimate of drug-likeness (QED) is 0.0382. The summed E-state index contributed by atoms with van der Waals surface area (Å²) in [4.78, 5) is 151. The molecule has 8 N–H and O–H groups in total. The Labute approximate surface area is 770 Å². The van der Waals surface area contributed by atoms with Crippen LogP contribution in [0, 0.1) is 51.0 Å². The third-order valence-electron chi connectivity index (χ3n) is 22.9. The van der Waals surface area contributed by atoms with Gasteiger partial charge in [-0.15, -0.1) is 0 Å². The summed E-state index contributed by atoms with van der Waals surface area (Å²) in [5.41, 5.74) is 23.2. The van der Waals surface area contributed by atoms with Crippen molar-refractivity contribution in [1.29, 1.82) is 0 Å². The number of rotatable bonds is 12. The lowest BCUT2D eigenvalue weighted by Crippen LogP contribution is -2.53. The summed E-state index contributed by atoms with van der Waals surface area (Å²) in [5, 5.41) is 1.47. The minimum atomic E-state index is -0.853. The first-order chi connectivity index (χ1) is 61.8. The molecule has 130 heavy (non-hydrogen) atoms. The zero-order valence-electron chi connectivity index (χ0n) is 71.3. The number of nitrogens with two attached hydrogens (primary N) is 4. The smallest absolute Gasteiger partial charge is 0.282 e. The Morgan fingerprint density at radius 1 is 0.354 bits per heavy atom. The van der Waals surface area contributed by atoms with Crippen molar-refractivity contribution in [3.63, 3.8) is 0 Å². The summed E-state index contributed by atoms with van der Waals surface area (Å²) in [5.74, 6) is -1.37. The summed E-state index contributed by atoms with van der Waals surface area (Å²) in [7, 11) is 0. The molecule has 42 heteroatoms. The van der Waals surface area contributed by atoms with E-state index < -0.39 is 45.5 Å². The van der Waals surface area contributed by atoms with Crippen molar-refractivity contribution in [1.82, 2.24) is 77.7 Å². The van der Waals surface area contributed by atoms with Crippen LogP contribution in [0.1, 0.15) is 50.5 Å². The van der Waals surface area contributed by atoms with Crippen LogP contribution < -0.4 is 64.8 Å². The second-order valence-electron chi connectivity index (χ2n) is 31.1. The molecule has 12 heterocycles. The highest BCUT2D eigenvalue weighted by atomic mass is 35.5. The van der Waals surface area contributed by atoms with Crippen LogP contribution in [0.25, 0.3) is 66.4 Å². The van der Waals surface area contributed by atoms with Gasteiger partial charge in [0.05, 0.1) is 74.4 Å². The minimum Gasteiger partial charge on any atom is -0.397 e. The molecule has 4 fully saturated rings. The lowest BCUT2D eigenvalue weighted by molar-refractivity contribution is -0.127. The fraction of sp³-hybridized carbons (Fsp3) is 0.273. The summed E-state index contributed by atoms with van der Waals surface area (Å²) < 4.78 is 63.9. The number of aryl methyl sites for hydroxylation is 4. The molecule has 0 saturated carbocycles. The van der Waals surface area contributed by atoms with Gasteiger partial charge in [-0.05, 0) is 134 Å². The third-order valence-corrected chi connectivity index (χ3v) is 24.7. The number of amides is 4. The van der Waals surface area contributed by atoms with Crippen LogP contribution in [0.15, 0.2) is 156 Å². The lowest BCUT2D eigenvalue weighted by Gasteiger charge is -2.40. The molecule has 0 aliphatic carbocycles. The van der Waals surface area contributed by atoms with Gasteiger partial charge in [0.2, 0.25) is 23.6 Å². The van der Waals surface area contributed by atoms with Gasteiger partial charge in [0.1, 0.15) is 99.2 Å². The largest absolute Gasteiger partial charge is 0.397 e. The van der Waals surface area contributed by atoms with E-state index in [4.69, 9.17) is 92.5 Å². The van der Waals surface area contributed by atoms with Gasteiger partial charge in [0.25, 0.3) is 22.2 Å². The maximum Gasteiger partial charge on any atom is 0.282 e. The molecule has 12 aromatic rings. The second-order valence-corrected chi connectivity index (χ2v) is 33.5. The Balaban J connectivity index is 0.000000148. The Kier molecular flexibility index (Phi) is 28.0. The van der Waals surface area contributed by atoms with E-state index in [-0.39, 0.29) is 145 Å². The van der Waals surface area contributed by atoms with Gasteiger partial charge >= 0.3 is 0 Å². The maximum atomic E-state index is 14.9. The number of nitrogens with zero attached hydrogens (tertiary/aromatic N) is 20. The average Bonchev–Trinajstić information content (AvgIpc) is 0.735. The van der Waals surface area contributed by atoms with Gasteiger partial charge in [0.15, 0.2) is 17.5 Å². The van der Waals surface area contributed by atoms with E-state index in [1.165, 1.54) is 84.5 Å². The number of carbonyl (C=O) groups excluding carboxylic acids is 4. The number of halogens is 10. The van der Waals surface area contributed by atoms with Crippen LogP contribution in [-0.2, 0) is 19.2 Å². The van der Waals surface area contributed by atoms with Crippen molar-refractivity contribution in [3.05, 3.63) is 254 Å². The van der Waals surface area contributed by atoms with Gasteiger partial charge in [-0.25, -0.2) is 57.4 Å². The minimum absolute atomic E-state index is 0.0111. The topological polar surface area (TPSA) is 389 Å². The predicted molar refractivity (Wildman–Crippen MR) is 501 cm³/mol. The van der Waals surface area contributed by atoms with Crippen LogP contribution in [0.2, 0.25) is 30.1 Å². The Morgan fingerprint density at radius 2 is 0.585 bits per heavy atom. The number of hydrogen-bond donors (Lipinski definition) is 4.